The molecule has 0 aliphatic heterocycles. The Morgan fingerprint density at radius 2 is 1.74 bits per heavy atom. The van der Waals surface area contributed by atoms with Gasteiger partial charge >= 0.3 is 0 Å². The molecule has 1 aromatic heterocycles. The van der Waals surface area contributed by atoms with Crippen molar-refractivity contribution in [1.29, 1.82) is 0 Å². The summed E-state index contributed by atoms with van der Waals surface area (Å²) in [5, 5.41) is 6.19. The summed E-state index contributed by atoms with van der Waals surface area (Å²) in [5.74, 6) is 1.03. The minimum Gasteiger partial charge on any atom is -0.372 e. The maximum absolute atomic E-state index is 12.3. The summed E-state index contributed by atoms with van der Waals surface area (Å²) in [6.07, 6.45) is 3.22. The molecule has 0 atom stereocenters. The zero-order valence-electron chi connectivity index (χ0n) is 16.9. The van der Waals surface area contributed by atoms with Gasteiger partial charge in [-0.3, -0.25) is 4.79 Å². The number of rotatable bonds is 10. The summed E-state index contributed by atoms with van der Waals surface area (Å²) in [6, 6.07) is 9.92. The van der Waals surface area contributed by atoms with Crippen LogP contribution in [0.25, 0.3) is 0 Å². The van der Waals surface area contributed by atoms with Crippen LogP contribution >= 0.6 is 0 Å². The Hall–Kier alpha value is -2.63. The number of aryl methyl sites for hydroxylation is 1. The van der Waals surface area contributed by atoms with Crippen molar-refractivity contribution in [1.82, 2.24) is 15.3 Å². The minimum absolute atomic E-state index is 0.156. The molecule has 0 saturated carbocycles. The van der Waals surface area contributed by atoms with Crippen molar-refractivity contribution >= 4 is 23.1 Å². The number of carbonyl (C=O) groups excluding carboxylic acids is 1. The molecule has 1 aromatic carbocycles. The summed E-state index contributed by atoms with van der Waals surface area (Å²) in [5.41, 5.74) is 2.51. The van der Waals surface area contributed by atoms with Crippen molar-refractivity contribution in [2.75, 3.05) is 29.9 Å². The van der Waals surface area contributed by atoms with Crippen LogP contribution in [0.1, 0.15) is 56.3 Å². The lowest BCUT2D eigenvalue weighted by Crippen LogP contribution is -2.25. The van der Waals surface area contributed by atoms with Gasteiger partial charge in [-0.05, 0) is 51.5 Å². The van der Waals surface area contributed by atoms with Crippen LogP contribution in [0.5, 0.6) is 0 Å². The third-order valence-corrected chi connectivity index (χ3v) is 4.40. The molecule has 0 unspecified atom stereocenters. The van der Waals surface area contributed by atoms with E-state index in [0.717, 1.165) is 38.0 Å². The van der Waals surface area contributed by atoms with Crippen molar-refractivity contribution in [2.45, 2.75) is 47.0 Å². The first-order chi connectivity index (χ1) is 13.1. The number of anilines is 3. The Balaban J connectivity index is 2.06. The molecule has 6 heteroatoms. The van der Waals surface area contributed by atoms with Crippen molar-refractivity contribution < 1.29 is 4.79 Å². The fraction of sp³-hybridized carbons (Fsp3) is 0.476. The Morgan fingerprint density at radius 3 is 2.37 bits per heavy atom. The average molecular weight is 370 g/mol. The van der Waals surface area contributed by atoms with Gasteiger partial charge in [0.2, 0.25) is 0 Å². The molecular formula is C21H31N5O. The normalized spacial score (nSPS) is 10.5. The summed E-state index contributed by atoms with van der Waals surface area (Å²) >= 11 is 0. The molecule has 6 nitrogen and oxygen atoms in total. The van der Waals surface area contributed by atoms with E-state index in [9.17, 15) is 4.79 Å². The van der Waals surface area contributed by atoms with Gasteiger partial charge in [0.05, 0.1) is 0 Å². The Morgan fingerprint density at radius 1 is 1.04 bits per heavy atom. The molecule has 0 radical (unpaired) electrons. The number of nitrogens with one attached hydrogen (secondary N) is 2. The Kier molecular flexibility index (Phi) is 8.04. The topological polar surface area (TPSA) is 70.2 Å². The first-order valence-electron chi connectivity index (χ1n) is 9.83. The molecule has 2 N–H and O–H groups in total. The van der Waals surface area contributed by atoms with E-state index in [-0.39, 0.29) is 5.91 Å². The molecule has 0 bridgehead atoms. The lowest BCUT2D eigenvalue weighted by Gasteiger charge is -2.21. The Bertz CT molecular complexity index is 726. The fourth-order valence-corrected chi connectivity index (χ4v) is 2.91. The van der Waals surface area contributed by atoms with E-state index in [2.05, 4.69) is 58.4 Å². The summed E-state index contributed by atoms with van der Waals surface area (Å²) in [6.45, 7) is 10.9. The molecule has 0 saturated heterocycles. The smallest absolute Gasteiger partial charge is 0.270 e. The third kappa shape index (κ3) is 6.24. The van der Waals surface area contributed by atoms with E-state index in [4.69, 9.17) is 0 Å². The summed E-state index contributed by atoms with van der Waals surface area (Å²) in [4.78, 5) is 23.3. The van der Waals surface area contributed by atoms with E-state index in [1.54, 1.807) is 13.0 Å². The number of unbranched alkanes of at least 4 members (excludes halogenated alkanes) is 2. The Labute approximate surface area is 162 Å². The second-order valence-corrected chi connectivity index (χ2v) is 6.49. The van der Waals surface area contributed by atoms with Crippen LogP contribution in [0.2, 0.25) is 0 Å². The van der Waals surface area contributed by atoms with Crippen molar-refractivity contribution in [3.63, 3.8) is 0 Å². The van der Waals surface area contributed by atoms with E-state index < -0.39 is 0 Å². The van der Waals surface area contributed by atoms with Crippen LogP contribution in [0.15, 0.2) is 30.3 Å². The maximum Gasteiger partial charge on any atom is 0.270 e. The maximum atomic E-state index is 12.3. The molecule has 2 aromatic rings. The van der Waals surface area contributed by atoms with Gasteiger partial charge in [0.1, 0.15) is 17.3 Å². The first kappa shape index (κ1) is 20.7. The highest BCUT2D eigenvalue weighted by Crippen LogP contribution is 2.20. The number of carbonyl (C=O) groups is 1. The summed E-state index contributed by atoms with van der Waals surface area (Å²) in [7, 11) is 0. The van der Waals surface area contributed by atoms with Crippen molar-refractivity contribution in [3.05, 3.63) is 41.9 Å². The van der Waals surface area contributed by atoms with Gasteiger partial charge < -0.3 is 15.5 Å². The fourth-order valence-electron chi connectivity index (χ4n) is 2.91. The van der Waals surface area contributed by atoms with Crippen molar-refractivity contribution in [2.24, 2.45) is 0 Å². The predicted molar refractivity (Wildman–Crippen MR) is 112 cm³/mol. The van der Waals surface area contributed by atoms with Crippen LogP contribution in [0, 0.1) is 6.92 Å². The van der Waals surface area contributed by atoms with Gasteiger partial charge in [-0.2, -0.15) is 0 Å². The lowest BCUT2D eigenvalue weighted by atomic mass is 10.2. The molecule has 0 aliphatic carbocycles. The van der Waals surface area contributed by atoms with Gasteiger partial charge in [-0.1, -0.05) is 19.8 Å². The second kappa shape index (κ2) is 10.5. The van der Waals surface area contributed by atoms with Gasteiger partial charge in [-0.25, -0.2) is 9.97 Å². The molecule has 27 heavy (non-hydrogen) atoms. The number of amides is 1. The van der Waals surface area contributed by atoms with Gasteiger partial charge in [0.25, 0.3) is 5.91 Å². The zero-order valence-corrected chi connectivity index (χ0v) is 16.9. The standard InChI is InChI=1S/C21H31N5O/c1-5-8-9-14-22-21(27)19-15-20(24-16(4)23-19)25-17-10-12-18(13-11-17)26(6-2)7-3/h10-13,15H,5-9,14H2,1-4H3,(H,22,27)(H,23,24,25). The minimum atomic E-state index is -0.156. The highest BCUT2D eigenvalue weighted by atomic mass is 16.1. The molecular weight excluding hydrogens is 338 g/mol. The SMILES string of the molecule is CCCCCNC(=O)c1cc(Nc2ccc(N(CC)CC)cc2)nc(C)n1. The number of nitrogens with zero attached hydrogens (tertiary/aromatic N) is 3. The summed E-state index contributed by atoms with van der Waals surface area (Å²) < 4.78 is 0. The predicted octanol–water partition coefficient (Wildman–Crippen LogP) is 4.29. The highest BCUT2D eigenvalue weighted by Gasteiger charge is 2.10. The second-order valence-electron chi connectivity index (χ2n) is 6.49. The van der Waals surface area contributed by atoms with Crippen LogP contribution < -0.4 is 15.5 Å². The molecule has 0 aliphatic rings. The molecule has 1 heterocycles. The number of hydrogen-bond donors (Lipinski definition) is 2. The number of aromatic nitrogens is 2. The first-order valence-corrected chi connectivity index (χ1v) is 9.83. The number of benzene rings is 1. The molecule has 1 amide bonds. The van der Waals surface area contributed by atoms with Gasteiger partial charge in [0.15, 0.2) is 0 Å². The monoisotopic (exact) mass is 369 g/mol. The van der Waals surface area contributed by atoms with Crippen LogP contribution in [0.3, 0.4) is 0 Å². The van der Waals surface area contributed by atoms with Gasteiger partial charge in [-0.15, -0.1) is 0 Å². The van der Waals surface area contributed by atoms with E-state index in [1.165, 1.54) is 5.69 Å². The molecule has 0 fully saturated rings. The van der Waals surface area contributed by atoms with Crippen LogP contribution in [-0.4, -0.2) is 35.5 Å². The molecule has 146 valence electrons. The third-order valence-electron chi connectivity index (χ3n) is 4.40. The average Bonchev–Trinajstić information content (AvgIpc) is 2.67. The lowest BCUT2D eigenvalue weighted by molar-refractivity contribution is 0.0947. The van der Waals surface area contributed by atoms with E-state index in [1.807, 2.05) is 12.1 Å². The highest BCUT2D eigenvalue weighted by molar-refractivity contribution is 5.93. The van der Waals surface area contributed by atoms with E-state index in [0.29, 0.717) is 23.9 Å². The van der Waals surface area contributed by atoms with Crippen molar-refractivity contribution in [3.8, 4) is 0 Å². The van der Waals surface area contributed by atoms with Crippen LogP contribution in [0.4, 0.5) is 17.2 Å². The van der Waals surface area contributed by atoms with E-state index >= 15 is 0 Å². The molecule has 2 rings (SSSR count). The number of hydrogen-bond acceptors (Lipinski definition) is 5. The molecule has 0 spiro atoms. The van der Waals surface area contributed by atoms with Gasteiger partial charge in [0, 0.05) is 37.1 Å². The quantitative estimate of drug-likeness (QED) is 0.611. The van der Waals surface area contributed by atoms with Crippen LogP contribution in [-0.2, 0) is 0 Å². The zero-order chi connectivity index (χ0) is 19.6. The largest absolute Gasteiger partial charge is 0.372 e.